The lowest BCUT2D eigenvalue weighted by molar-refractivity contribution is 0.0595. The van der Waals surface area contributed by atoms with Crippen LogP contribution in [0.1, 0.15) is 10.4 Å². The van der Waals surface area contributed by atoms with E-state index >= 15 is 0 Å². The first-order valence-electron chi connectivity index (χ1n) is 5.33. The fourth-order valence-electron chi connectivity index (χ4n) is 1.63. The standard InChI is InChI=1S/C13H10ClNO4/c1-19-13(18)11-10(16)6-9(15-12(11)17)7-2-4-8(14)5-3-7/h2-6H,1H3,(H2,15,16,17). The highest BCUT2D eigenvalue weighted by molar-refractivity contribution is 6.30. The number of carbonyl (C=O) groups excluding carboxylic acids is 1. The first kappa shape index (κ1) is 13.2. The van der Waals surface area contributed by atoms with Crippen LogP contribution in [0, 0.1) is 0 Å². The number of nitrogens with one attached hydrogen (secondary N) is 1. The third kappa shape index (κ3) is 2.61. The van der Waals surface area contributed by atoms with E-state index in [1.165, 1.54) is 6.07 Å². The number of methoxy groups -OCH3 is 1. The van der Waals surface area contributed by atoms with Crippen molar-refractivity contribution >= 4 is 17.6 Å². The Bertz CT molecular complexity index is 676. The van der Waals surface area contributed by atoms with E-state index < -0.39 is 22.8 Å². The van der Waals surface area contributed by atoms with E-state index in [9.17, 15) is 14.7 Å². The van der Waals surface area contributed by atoms with Gasteiger partial charge in [0, 0.05) is 11.1 Å². The number of aromatic amines is 1. The van der Waals surface area contributed by atoms with Gasteiger partial charge in [-0.25, -0.2) is 4.79 Å². The Hall–Kier alpha value is -2.27. The van der Waals surface area contributed by atoms with Crippen LogP contribution in [0.25, 0.3) is 11.3 Å². The molecule has 0 spiro atoms. The average Bonchev–Trinajstić information content (AvgIpc) is 2.38. The molecular formula is C13H10ClNO4. The topological polar surface area (TPSA) is 79.4 Å². The van der Waals surface area contributed by atoms with Crippen LogP contribution < -0.4 is 5.56 Å². The minimum atomic E-state index is -0.888. The van der Waals surface area contributed by atoms with E-state index in [1.54, 1.807) is 24.3 Å². The Morgan fingerprint density at radius 2 is 1.95 bits per heavy atom. The number of hydrogen-bond acceptors (Lipinski definition) is 4. The van der Waals surface area contributed by atoms with Gasteiger partial charge < -0.3 is 14.8 Å². The van der Waals surface area contributed by atoms with Gasteiger partial charge in [-0.3, -0.25) is 4.79 Å². The van der Waals surface area contributed by atoms with Crippen molar-refractivity contribution in [1.82, 2.24) is 4.98 Å². The summed E-state index contributed by atoms with van der Waals surface area (Å²) >= 11 is 5.76. The molecule has 5 nitrogen and oxygen atoms in total. The summed E-state index contributed by atoms with van der Waals surface area (Å²) in [5.41, 5.74) is -0.0861. The van der Waals surface area contributed by atoms with Crippen LogP contribution in [-0.4, -0.2) is 23.2 Å². The van der Waals surface area contributed by atoms with E-state index in [4.69, 9.17) is 11.6 Å². The monoisotopic (exact) mass is 279 g/mol. The molecule has 98 valence electrons. The van der Waals surface area contributed by atoms with Crippen LogP contribution >= 0.6 is 11.6 Å². The normalized spacial score (nSPS) is 10.2. The summed E-state index contributed by atoms with van der Waals surface area (Å²) in [6.07, 6.45) is 0. The van der Waals surface area contributed by atoms with Gasteiger partial charge in [0.05, 0.1) is 12.8 Å². The van der Waals surface area contributed by atoms with Crippen LogP contribution in [-0.2, 0) is 4.74 Å². The lowest BCUT2D eigenvalue weighted by atomic mass is 10.1. The van der Waals surface area contributed by atoms with Crippen LogP contribution in [0.2, 0.25) is 5.02 Å². The number of ether oxygens (including phenoxy) is 1. The second-order valence-electron chi connectivity index (χ2n) is 3.77. The predicted octanol–water partition coefficient (Wildman–Crippen LogP) is 2.19. The summed E-state index contributed by atoms with van der Waals surface area (Å²) in [4.78, 5) is 25.6. The van der Waals surface area contributed by atoms with Crippen molar-refractivity contribution in [2.45, 2.75) is 0 Å². The first-order chi connectivity index (χ1) is 9.02. The van der Waals surface area contributed by atoms with E-state index in [-0.39, 0.29) is 0 Å². The number of pyridine rings is 1. The highest BCUT2D eigenvalue weighted by atomic mass is 35.5. The van der Waals surface area contributed by atoms with E-state index in [1.807, 2.05) is 0 Å². The first-order valence-corrected chi connectivity index (χ1v) is 5.71. The average molecular weight is 280 g/mol. The Labute approximate surface area is 113 Å². The fourth-order valence-corrected chi connectivity index (χ4v) is 1.76. The van der Waals surface area contributed by atoms with Crippen molar-refractivity contribution in [3.05, 3.63) is 51.3 Å². The summed E-state index contributed by atoms with van der Waals surface area (Å²) in [5, 5.41) is 10.3. The minimum Gasteiger partial charge on any atom is -0.507 e. The molecule has 0 amide bonds. The molecule has 2 rings (SSSR count). The number of hydrogen-bond donors (Lipinski definition) is 2. The van der Waals surface area contributed by atoms with Gasteiger partial charge in [-0.1, -0.05) is 23.7 Å². The fraction of sp³-hybridized carbons (Fsp3) is 0.0769. The van der Waals surface area contributed by atoms with Gasteiger partial charge in [0.15, 0.2) is 5.56 Å². The molecule has 19 heavy (non-hydrogen) atoms. The highest BCUT2D eigenvalue weighted by Gasteiger charge is 2.17. The van der Waals surface area contributed by atoms with E-state index in [2.05, 4.69) is 9.72 Å². The second-order valence-corrected chi connectivity index (χ2v) is 4.21. The van der Waals surface area contributed by atoms with Gasteiger partial charge in [0.2, 0.25) is 0 Å². The molecule has 0 unspecified atom stereocenters. The van der Waals surface area contributed by atoms with Crippen molar-refractivity contribution in [3.63, 3.8) is 0 Å². The van der Waals surface area contributed by atoms with Crippen molar-refractivity contribution in [2.24, 2.45) is 0 Å². The molecule has 1 aromatic carbocycles. The van der Waals surface area contributed by atoms with Gasteiger partial charge in [-0.15, -0.1) is 0 Å². The number of benzene rings is 1. The second kappa shape index (κ2) is 5.16. The number of esters is 1. The summed E-state index contributed by atoms with van der Waals surface area (Å²) in [7, 11) is 1.13. The predicted molar refractivity (Wildman–Crippen MR) is 70.5 cm³/mol. The van der Waals surface area contributed by atoms with Gasteiger partial charge in [-0.2, -0.15) is 0 Å². The number of rotatable bonds is 2. The molecule has 0 atom stereocenters. The molecule has 0 saturated heterocycles. The van der Waals surface area contributed by atoms with Gasteiger partial charge in [-0.05, 0) is 17.7 Å². The van der Waals surface area contributed by atoms with Gasteiger partial charge in [0.1, 0.15) is 5.75 Å². The van der Waals surface area contributed by atoms with E-state index in [0.29, 0.717) is 16.3 Å². The van der Waals surface area contributed by atoms with Crippen LogP contribution in [0.15, 0.2) is 35.1 Å². The molecule has 0 aliphatic heterocycles. The van der Waals surface area contributed by atoms with Gasteiger partial charge in [0.25, 0.3) is 5.56 Å². The molecule has 0 fully saturated rings. The zero-order chi connectivity index (χ0) is 14.0. The molecule has 0 bridgehead atoms. The molecule has 6 heteroatoms. The van der Waals surface area contributed by atoms with Crippen LogP contribution in [0.3, 0.4) is 0 Å². The summed E-state index contributed by atoms with van der Waals surface area (Å²) in [6, 6.07) is 7.97. The number of H-pyrrole nitrogens is 1. The number of aromatic nitrogens is 1. The maximum Gasteiger partial charge on any atom is 0.347 e. The Morgan fingerprint density at radius 1 is 1.32 bits per heavy atom. The quantitative estimate of drug-likeness (QED) is 0.826. The Balaban J connectivity index is 2.54. The molecule has 0 aliphatic rings. The Morgan fingerprint density at radius 3 is 2.47 bits per heavy atom. The number of carbonyl (C=O) groups is 1. The maximum absolute atomic E-state index is 11.8. The summed E-state index contributed by atoms with van der Waals surface area (Å²) in [6.45, 7) is 0. The molecule has 0 saturated carbocycles. The lowest BCUT2D eigenvalue weighted by Gasteiger charge is -2.06. The third-order valence-electron chi connectivity index (χ3n) is 2.56. The molecule has 0 radical (unpaired) electrons. The lowest BCUT2D eigenvalue weighted by Crippen LogP contribution is -2.19. The molecule has 0 aliphatic carbocycles. The summed E-state index contributed by atoms with van der Waals surface area (Å²) < 4.78 is 4.42. The van der Waals surface area contributed by atoms with Crippen molar-refractivity contribution in [3.8, 4) is 17.0 Å². The Kier molecular flexibility index (Phi) is 3.57. The number of halogens is 1. The minimum absolute atomic E-state index is 0.381. The largest absolute Gasteiger partial charge is 0.507 e. The highest BCUT2D eigenvalue weighted by Crippen LogP contribution is 2.23. The SMILES string of the molecule is COC(=O)c1c(O)cc(-c2ccc(Cl)cc2)[nH]c1=O. The van der Waals surface area contributed by atoms with Crippen LogP contribution in [0.4, 0.5) is 0 Å². The molecule has 2 aromatic rings. The van der Waals surface area contributed by atoms with E-state index in [0.717, 1.165) is 7.11 Å². The van der Waals surface area contributed by atoms with Gasteiger partial charge >= 0.3 is 5.97 Å². The third-order valence-corrected chi connectivity index (χ3v) is 2.81. The molecule has 1 aromatic heterocycles. The van der Waals surface area contributed by atoms with Crippen molar-refractivity contribution in [1.29, 1.82) is 0 Å². The smallest absolute Gasteiger partial charge is 0.347 e. The van der Waals surface area contributed by atoms with Crippen LogP contribution in [0.5, 0.6) is 5.75 Å². The maximum atomic E-state index is 11.8. The number of aromatic hydroxyl groups is 1. The molecule has 1 heterocycles. The van der Waals surface area contributed by atoms with Crippen molar-refractivity contribution < 1.29 is 14.6 Å². The molecular weight excluding hydrogens is 270 g/mol. The zero-order valence-corrected chi connectivity index (χ0v) is 10.7. The zero-order valence-electron chi connectivity index (χ0n) is 9.94. The summed E-state index contributed by atoms with van der Waals surface area (Å²) in [5.74, 6) is -1.32. The van der Waals surface area contributed by atoms with Crippen molar-refractivity contribution in [2.75, 3.05) is 7.11 Å². The molecule has 2 N–H and O–H groups in total.